The first-order chi connectivity index (χ1) is 15.7. The van der Waals surface area contributed by atoms with Crippen LogP contribution in [0.25, 0.3) is 11.6 Å². The Morgan fingerprint density at radius 3 is 2.34 bits per heavy atom. The predicted molar refractivity (Wildman–Crippen MR) is 128 cm³/mol. The Morgan fingerprint density at radius 1 is 0.969 bits per heavy atom. The van der Waals surface area contributed by atoms with Crippen LogP contribution < -0.4 is 10.5 Å². The van der Waals surface area contributed by atoms with Gasteiger partial charge in [-0.25, -0.2) is 0 Å². The summed E-state index contributed by atoms with van der Waals surface area (Å²) in [6.07, 6.45) is 3.80. The van der Waals surface area contributed by atoms with E-state index in [1.807, 2.05) is 83.8 Å². The Labute approximate surface area is 189 Å². The van der Waals surface area contributed by atoms with Gasteiger partial charge in [-0.3, -0.25) is 4.79 Å². The van der Waals surface area contributed by atoms with Gasteiger partial charge in [0.1, 0.15) is 5.75 Å². The summed E-state index contributed by atoms with van der Waals surface area (Å²) < 4.78 is 6.03. The summed E-state index contributed by atoms with van der Waals surface area (Å²) in [5, 5.41) is 0. The number of carbonyl (C=O) groups excluding carboxylic acids is 1. The fourth-order valence-corrected chi connectivity index (χ4v) is 4.86. The van der Waals surface area contributed by atoms with Gasteiger partial charge in [0.2, 0.25) is 0 Å². The Morgan fingerprint density at radius 2 is 1.66 bits per heavy atom. The van der Waals surface area contributed by atoms with E-state index in [0.717, 1.165) is 40.9 Å². The van der Waals surface area contributed by atoms with Gasteiger partial charge < -0.3 is 15.4 Å². The highest BCUT2D eigenvalue weighted by Gasteiger charge is 2.44. The van der Waals surface area contributed by atoms with Crippen LogP contribution in [0.4, 0.5) is 0 Å². The third kappa shape index (κ3) is 3.82. The smallest absolute Gasteiger partial charge is 0.254 e. The van der Waals surface area contributed by atoms with Crippen molar-refractivity contribution in [2.24, 2.45) is 5.73 Å². The number of nitrogens with two attached hydrogens (primary N) is 1. The van der Waals surface area contributed by atoms with Crippen molar-refractivity contribution in [1.29, 1.82) is 0 Å². The van der Waals surface area contributed by atoms with Crippen LogP contribution in [0.5, 0.6) is 5.75 Å². The number of hydrogen-bond acceptors (Lipinski definition) is 3. The number of carbonyl (C=O) groups is 1. The molecule has 4 heteroatoms. The van der Waals surface area contributed by atoms with Crippen molar-refractivity contribution in [2.45, 2.75) is 24.8 Å². The van der Waals surface area contributed by atoms with Crippen LogP contribution in [0.2, 0.25) is 0 Å². The van der Waals surface area contributed by atoms with Gasteiger partial charge in [0.15, 0.2) is 0 Å². The summed E-state index contributed by atoms with van der Waals surface area (Å²) >= 11 is 0. The van der Waals surface area contributed by atoms with E-state index in [0.29, 0.717) is 26.2 Å². The second-order valence-corrected chi connectivity index (χ2v) is 8.73. The van der Waals surface area contributed by atoms with Crippen LogP contribution >= 0.6 is 0 Å². The van der Waals surface area contributed by atoms with Gasteiger partial charge >= 0.3 is 0 Å². The molecular formula is C28H28N2O2. The molecule has 4 nitrogen and oxygen atoms in total. The molecule has 0 aromatic heterocycles. The van der Waals surface area contributed by atoms with Gasteiger partial charge in [-0.15, -0.1) is 0 Å². The van der Waals surface area contributed by atoms with Crippen molar-refractivity contribution >= 4 is 17.6 Å². The average molecular weight is 425 g/mol. The molecule has 0 atom stereocenters. The summed E-state index contributed by atoms with van der Waals surface area (Å²) in [6.45, 7) is 2.64. The second-order valence-electron chi connectivity index (χ2n) is 8.73. The molecule has 5 rings (SSSR count). The predicted octanol–water partition coefficient (Wildman–Crippen LogP) is 4.64. The number of benzene rings is 3. The zero-order valence-corrected chi connectivity index (χ0v) is 18.2. The zero-order valence-electron chi connectivity index (χ0n) is 18.2. The maximum atomic E-state index is 13.7. The van der Waals surface area contributed by atoms with Gasteiger partial charge in [-0.2, -0.15) is 0 Å². The summed E-state index contributed by atoms with van der Waals surface area (Å²) in [6, 6.07) is 26.3. The summed E-state index contributed by atoms with van der Waals surface area (Å²) in [4.78, 5) is 15.7. The molecular weight excluding hydrogens is 396 g/mol. The van der Waals surface area contributed by atoms with Crippen LogP contribution in [0.3, 0.4) is 0 Å². The van der Waals surface area contributed by atoms with Crippen molar-refractivity contribution < 1.29 is 9.53 Å². The van der Waals surface area contributed by atoms with Crippen LogP contribution in [-0.2, 0) is 16.8 Å². The lowest BCUT2D eigenvalue weighted by atomic mass is 9.74. The molecule has 0 unspecified atom stereocenters. The molecule has 3 aromatic rings. The lowest BCUT2D eigenvalue weighted by molar-refractivity contribution is -0.126. The Hall–Kier alpha value is -3.37. The SMILES string of the molecule is NCc1ccc2c(c1)C1(CCN(C(=O)C(=Cc3ccccc3)c3ccccc3)CC1)CO2. The molecule has 1 saturated heterocycles. The van der Waals surface area contributed by atoms with E-state index in [2.05, 4.69) is 6.07 Å². The first-order valence-electron chi connectivity index (χ1n) is 11.3. The normalized spacial score (nSPS) is 17.2. The van der Waals surface area contributed by atoms with Crippen molar-refractivity contribution in [1.82, 2.24) is 4.90 Å². The van der Waals surface area contributed by atoms with E-state index in [-0.39, 0.29) is 11.3 Å². The van der Waals surface area contributed by atoms with Gasteiger partial charge in [0.25, 0.3) is 5.91 Å². The minimum Gasteiger partial charge on any atom is -0.492 e. The molecule has 1 fully saturated rings. The second kappa shape index (κ2) is 8.64. The number of likely N-dealkylation sites (tertiary alicyclic amines) is 1. The summed E-state index contributed by atoms with van der Waals surface area (Å²) in [5.74, 6) is 1.06. The molecule has 2 N–H and O–H groups in total. The fourth-order valence-electron chi connectivity index (χ4n) is 4.86. The molecule has 0 bridgehead atoms. The molecule has 32 heavy (non-hydrogen) atoms. The van der Waals surface area contributed by atoms with Crippen LogP contribution in [0.1, 0.15) is 35.1 Å². The van der Waals surface area contributed by atoms with Crippen molar-refractivity contribution in [2.75, 3.05) is 19.7 Å². The third-order valence-corrected chi connectivity index (χ3v) is 6.79. The number of fused-ring (bicyclic) bond motifs is 2. The first-order valence-corrected chi connectivity index (χ1v) is 11.3. The minimum absolute atomic E-state index is 0.0205. The molecule has 1 amide bonds. The number of piperidine rings is 1. The highest BCUT2D eigenvalue weighted by atomic mass is 16.5. The van der Waals surface area contributed by atoms with E-state index < -0.39 is 0 Å². The number of amides is 1. The van der Waals surface area contributed by atoms with Crippen molar-refractivity contribution in [3.05, 3.63) is 101 Å². The van der Waals surface area contributed by atoms with E-state index in [4.69, 9.17) is 10.5 Å². The first kappa shape index (κ1) is 20.5. The molecule has 1 spiro atoms. The molecule has 3 aromatic carbocycles. The quantitative estimate of drug-likeness (QED) is 0.490. The molecule has 2 aliphatic rings. The van der Waals surface area contributed by atoms with Crippen molar-refractivity contribution in [3.63, 3.8) is 0 Å². The van der Waals surface area contributed by atoms with Gasteiger partial charge in [0, 0.05) is 36.2 Å². The number of rotatable bonds is 4. The Balaban J connectivity index is 1.39. The highest BCUT2D eigenvalue weighted by molar-refractivity contribution is 6.24. The Kier molecular flexibility index (Phi) is 5.54. The fraction of sp³-hybridized carbons (Fsp3) is 0.250. The maximum Gasteiger partial charge on any atom is 0.254 e. The number of ether oxygens (including phenoxy) is 1. The van der Waals surface area contributed by atoms with Crippen molar-refractivity contribution in [3.8, 4) is 5.75 Å². The number of hydrogen-bond donors (Lipinski definition) is 1. The molecule has 2 heterocycles. The van der Waals surface area contributed by atoms with E-state index in [1.165, 1.54) is 5.56 Å². The highest BCUT2D eigenvalue weighted by Crippen LogP contribution is 2.46. The van der Waals surface area contributed by atoms with Gasteiger partial charge in [-0.05, 0) is 41.7 Å². The molecule has 162 valence electrons. The number of nitrogens with zero attached hydrogens (tertiary/aromatic N) is 1. The van der Waals surface area contributed by atoms with E-state index >= 15 is 0 Å². The average Bonchev–Trinajstić information content (AvgIpc) is 3.21. The topological polar surface area (TPSA) is 55.6 Å². The van der Waals surface area contributed by atoms with Gasteiger partial charge in [-0.1, -0.05) is 72.8 Å². The minimum atomic E-state index is -0.0205. The lowest BCUT2D eigenvalue weighted by Crippen LogP contribution is -2.46. The lowest BCUT2D eigenvalue weighted by Gasteiger charge is -2.39. The maximum absolute atomic E-state index is 13.7. The molecule has 2 aliphatic heterocycles. The Bertz CT molecular complexity index is 1130. The molecule has 0 saturated carbocycles. The molecule has 0 radical (unpaired) electrons. The summed E-state index contributed by atoms with van der Waals surface area (Å²) in [5.41, 5.74) is 11.0. The van der Waals surface area contributed by atoms with Gasteiger partial charge in [0.05, 0.1) is 6.61 Å². The molecule has 0 aliphatic carbocycles. The largest absolute Gasteiger partial charge is 0.492 e. The van der Waals surface area contributed by atoms with Crippen LogP contribution in [-0.4, -0.2) is 30.5 Å². The summed E-state index contributed by atoms with van der Waals surface area (Å²) in [7, 11) is 0. The monoisotopic (exact) mass is 424 g/mol. The van der Waals surface area contributed by atoms with Crippen LogP contribution in [0, 0.1) is 0 Å². The standard InChI is InChI=1S/C28H28N2O2/c29-19-22-11-12-26-25(18-22)28(20-32-26)13-15-30(16-14-28)27(31)24(23-9-5-2-6-10-23)17-21-7-3-1-4-8-21/h1-12,17-18H,13-16,19-20,29H2. The third-order valence-electron chi connectivity index (χ3n) is 6.79. The van der Waals surface area contributed by atoms with E-state index in [1.54, 1.807) is 0 Å². The van der Waals surface area contributed by atoms with Crippen LogP contribution in [0.15, 0.2) is 78.9 Å². The van der Waals surface area contributed by atoms with E-state index in [9.17, 15) is 4.79 Å². The zero-order chi connectivity index (χ0) is 22.0.